The molecule has 1 aromatic carbocycles. The van der Waals surface area contributed by atoms with Gasteiger partial charge in [0, 0.05) is 12.7 Å². The first-order valence-electron chi connectivity index (χ1n) is 6.27. The van der Waals surface area contributed by atoms with Gasteiger partial charge < -0.3 is 9.64 Å². The Morgan fingerprint density at radius 3 is 2.89 bits per heavy atom. The third kappa shape index (κ3) is 3.21. The Bertz CT molecular complexity index is 597. The van der Waals surface area contributed by atoms with Crippen LogP contribution in [0.5, 0.6) is 5.88 Å². The van der Waals surface area contributed by atoms with Crippen LogP contribution < -0.4 is 4.74 Å². The first-order valence-corrected chi connectivity index (χ1v) is 6.27. The molecule has 0 bridgehead atoms. The van der Waals surface area contributed by atoms with E-state index in [1.165, 1.54) is 0 Å². The molecule has 0 aliphatic rings. The van der Waals surface area contributed by atoms with Crippen molar-refractivity contribution in [2.24, 2.45) is 0 Å². The zero-order valence-corrected chi connectivity index (χ0v) is 11.3. The van der Waals surface area contributed by atoms with Crippen LogP contribution in [0.4, 0.5) is 0 Å². The molecule has 0 saturated carbocycles. The van der Waals surface area contributed by atoms with Crippen LogP contribution in [0.2, 0.25) is 0 Å². The fourth-order valence-corrected chi connectivity index (χ4v) is 1.95. The van der Waals surface area contributed by atoms with Gasteiger partial charge in [-0.2, -0.15) is 5.26 Å². The fourth-order valence-electron chi connectivity index (χ4n) is 1.95. The van der Waals surface area contributed by atoms with E-state index in [1.54, 1.807) is 12.3 Å². The van der Waals surface area contributed by atoms with Crippen molar-refractivity contribution in [3.8, 4) is 11.9 Å². The number of hydrogen-bond acceptors (Lipinski definition) is 4. The summed E-state index contributed by atoms with van der Waals surface area (Å²) in [4.78, 5) is 6.36. The van der Waals surface area contributed by atoms with E-state index in [0.29, 0.717) is 18.1 Å². The van der Waals surface area contributed by atoms with Gasteiger partial charge in [-0.25, -0.2) is 4.98 Å². The molecule has 0 atom stereocenters. The van der Waals surface area contributed by atoms with Crippen molar-refractivity contribution in [3.05, 3.63) is 36.0 Å². The smallest absolute Gasteiger partial charge is 0.222 e. The number of nitrogens with zero attached hydrogens (tertiary/aromatic N) is 3. The Kier molecular flexibility index (Phi) is 4.32. The minimum Gasteiger partial charge on any atom is -0.477 e. The Hall–Kier alpha value is -2.12. The van der Waals surface area contributed by atoms with E-state index in [0.717, 1.165) is 23.7 Å². The van der Waals surface area contributed by atoms with E-state index in [4.69, 9.17) is 10.00 Å². The summed E-state index contributed by atoms with van der Waals surface area (Å²) < 4.78 is 5.72. The summed E-state index contributed by atoms with van der Waals surface area (Å²) in [7, 11) is 4.06. The van der Waals surface area contributed by atoms with E-state index in [9.17, 15) is 0 Å². The Morgan fingerprint density at radius 2 is 2.16 bits per heavy atom. The second-order valence-electron chi connectivity index (χ2n) is 4.64. The fraction of sp³-hybridized carbons (Fsp3) is 0.333. The molecule has 0 fully saturated rings. The largest absolute Gasteiger partial charge is 0.477 e. The number of aromatic nitrogens is 1. The first-order chi connectivity index (χ1) is 9.22. The molecule has 0 amide bonds. The summed E-state index contributed by atoms with van der Waals surface area (Å²) in [5.41, 5.74) is 0.605. The molecular formula is C15H17N3O. The molecule has 0 spiro atoms. The lowest BCUT2D eigenvalue weighted by molar-refractivity contribution is 0.276. The van der Waals surface area contributed by atoms with Crippen molar-refractivity contribution >= 4 is 10.8 Å². The highest BCUT2D eigenvalue weighted by Gasteiger charge is 2.08. The van der Waals surface area contributed by atoms with Gasteiger partial charge in [-0.05, 0) is 38.0 Å². The monoisotopic (exact) mass is 255 g/mol. The molecule has 2 aromatic rings. The van der Waals surface area contributed by atoms with E-state index in [2.05, 4.69) is 16.0 Å². The van der Waals surface area contributed by atoms with Crippen LogP contribution in [-0.4, -0.2) is 37.1 Å². The summed E-state index contributed by atoms with van der Waals surface area (Å²) in [5.74, 6) is 0.549. The van der Waals surface area contributed by atoms with Gasteiger partial charge in [-0.1, -0.05) is 12.1 Å². The Morgan fingerprint density at radius 1 is 1.32 bits per heavy atom. The standard InChI is InChI=1S/C15H17N3O/c1-18(2)9-4-10-19-15-14-12(7-8-17-15)5-3-6-13(14)11-16/h3,5-8H,4,9-10H2,1-2H3. The molecule has 0 unspecified atom stereocenters. The highest BCUT2D eigenvalue weighted by atomic mass is 16.5. The third-order valence-corrected chi connectivity index (χ3v) is 2.87. The molecule has 19 heavy (non-hydrogen) atoms. The van der Waals surface area contributed by atoms with Crippen LogP contribution in [0.25, 0.3) is 10.8 Å². The van der Waals surface area contributed by atoms with Crippen molar-refractivity contribution in [1.82, 2.24) is 9.88 Å². The van der Waals surface area contributed by atoms with E-state index >= 15 is 0 Å². The molecule has 0 aliphatic carbocycles. The zero-order valence-electron chi connectivity index (χ0n) is 11.3. The summed E-state index contributed by atoms with van der Waals surface area (Å²) in [6, 6.07) is 9.71. The zero-order chi connectivity index (χ0) is 13.7. The van der Waals surface area contributed by atoms with Gasteiger partial charge in [0.2, 0.25) is 5.88 Å². The predicted octanol–water partition coefficient (Wildman–Crippen LogP) is 2.44. The molecular weight excluding hydrogens is 238 g/mol. The number of ether oxygens (including phenoxy) is 1. The van der Waals surface area contributed by atoms with Gasteiger partial charge in [0.25, 0.3) is 0 Å². The van der Waals surface area contributed by atoms with Crippen LogP contribution in [0.3, 0.4) is 0 Å². The molecule has 1 aromatic heterocycles. The Labute approximate surface area is 113 Å². The number of rotatable bonds is 5. The number of hydrogen-bond donors (Lipinski definition) is 0. The minimum atomic E-state index is 0.549. The van der Waals surface area contributed by atoms with Gasteiger partial charge in [0.1, 0.15) is 0 Å². The van der Waals surface area contributed by atoms with Gasteiger partial charge >= 0.3 is 0 Å². The number of nitriles is 1. The quantitative estimate of drug-likeness (QED) is 0.770. The van der Waals surface area contributed by atoms with Gasteiger partial charge in [-0.3, -0.25) is 0 Å². The molecule has 4 heteroatoms. The van der Waals surface area contributed by atoms with Gasteiger partial charge in [0.05, 0.1) is 23.6 Å². The maximum absolute atomic E-state index is 9.16. The number of benzene rings is 1. The maximum Gasteiger partial charge on any atom is 0.222 e. The summed E-state index contributed by atoms with van der Waals surface area (Å²) in [5, 5.41) is 11.0. The topological polar surface area (TPSA) is 49.1 Å². The van der Waals surface area contributed by atoms with Gasteiger partial charge in [0.15, 0.2) is 0 Å². The molecule has 1 heterocycles. The van der Waals surface area contributed by atoms with Crippen molar-refractivity contribution < 1.29 is 4.74 Å². The third-order valence-electron chi connectivity index (χ3n) is 2.87. The summed E-state index contributed by atoms with van der Waals surface area (Å²) >= 11 is 0. The molecule has 4 nitrogen and oxygen atoms in total. The predicted molar refractivity (Wildman–Crippen MR) is 75.1 cm³/mol. The van der Waals surface area contributed by atoms with Crippen molar-refractivity contribution in [2.75, 3.05) is 27.2 Å². The normalized spacial score (nSPS) is 10.6. The second kappa shape index (κ2) is 6.17. The first kappa shape index (κ1) is 13.3. The van der Waals surface area contributed by atoms with Gasteiger partial charge in [-0.15, -0.1) is 0 Å². The molecule has 98 valence electrons. The molecule has 0 N–H and O–H groups in total. The van der Waals surface area contributed by atoms with E-state index in [1.807, 2.05) is 32.3 Å². The molecule has 0 saturated heterocycles. The average molecular weight is 255 g/mol. The lowest BCUT2D eigenvalue weighted by Gasteiger charge is -2.11. The Balaban J connectivity index is 2.21. The van der Waals surface area contributed by atoms with Crippen LogP contribution in [-0.2, 0) is 0 Å². The molecule has 0 aliphatic heterocycles. The highest BCUT2D eigenvalue weighted by molar-refractivity contribution is 5.91. The minimum absolute atomic E-state index is 0.549. The average Bonchev–Trinajstić information content (AvgIpc) is 2.42. The highest BCUT2D eigenvalue weighted by Crippen LogP contribution is 2.26. The van der Waals surface area contributed by atoms with Crippen molar-refractivity contribution in [3.63, 3.8) is 0 Å². The van der Waals surface area contributed by atoms with Crippen LogP contribution in [0.1, 0.15) is 12.0 Å². The SMILES string of the molecule is CN(C)CCCOc1nccc2cccc(C#N)c12. The van der Waals surface area contributed by atoms with E-state index < -0.39 is 0 Å². The summed E-state index contributed by atoms with van der Waals surface area (Å²) in [6.07, 6.45) is 2.64. The second-order valence-corrected chi connectivity index (χ2v) is 4.64. The van der Waals surface area contributed by atoms with Crippen molar-refractivity contribution in [2.45, 2.75) is 6.42 Å². The molecule has 2 rings (SSSR count). The molecule has 0 radical (unpaired) electrons. The lowest BCUT2D eigenvalue weighted by Crippen LogP contribution is -2.15. The van der Waals surface area contributed by atoms with Crippen LogP contribution in [0, 0.1) is 11.3 Å². The summed E-state index contributed by atoms with van der Waals surface area (Å²) in [6.45, 7) is 1.57. The number of fused-ring (bicyclic) bond motifs is 1. The van der Waals surface area contributed by atoms with Crippen LogP contribution >= 0.6 is 0 Å². The maximum atomic E-state index is 9.16. The van der Waals surface area contributed by atoms with Crippen molar-refractivity contribution in [1.29, 1.82) is 5.26 Å². The lowest BCUT2D eigenvalue weighted by atomic mass is 10.1. The number of pyridine rings is 1. The van der Waals surface area contributed by atoms with E-state index in [-0.39, 0.29) is 0 Å². The van der Waals surface area contributed by atoms with Crippen LogP contribution in [0.15, 0.2) is 30.5 Å².